The van der Waals surface area contributed by atoms with E-state index in [9.17, 15) is 14.0 Å². The van der Waals surface area contributed by atoms with Crippen LogP contribution in [0.15, 0.2) is 36.5 Å². The molecule has 0 aliphatic rings. The van der Waals surface area contributed by atoms with Crippen LogP contribution in [0.3, 0.4) is 0 Å². The lowest BCUT2D eigenvalue weighted by atomic mass is 10.1. The van der Waals surface area contributed by atoms with E-state index >= 15 is 0 Å². The number of ether oxygens (including phenoxy) is 1. The molecule has 0 saturated carbocycles. The van der Waals surface area contributed by atoms with Crippen LogP contribution in [0.4, 0.5) is 10.1 Å². The zero-order valence-corrected chi connectivity index (χ0v) is 11.0. The Bertz CT molecular complexity index is 686. The number of methoxy groups -OCH3 is 1. The number of nitrogens with zero attached hydrogens (tertiary/aromatic N) is 1. The maximum absolute atomic E-state index is 12.7. The second-order valence-corrected chi connectivity index (χ2v) is 4.04. The van der Waals surface area contributed by atoms with E-state index in [0.717, 1.165) is 12.3 Å². The minimum Gasteiger partial charge on any atom is -0.497 e. The van der Waals surface area contributed by atoms with Gasteiger partial charge >= 0.3 is 5.97 Å². The highest BCUT2D eigenvalue weighted by Gasteiger charge is 2.15. The van der Waals surface area contributed by atoms with Crippen LogP contribution in [-0.4, -0.2) is 29.1 Å². The fourth-order valence-electron chi connectivity index (χ4n) is 1.64. The summed E-state index contributed by atoms with van der Waals surface area (Å²) in [6.07, 6.45) is 1.06. The number of aromatic carboxylic acids is 1. The topological polar surface area (TPSA) is 88.5 Å². The van der Waals surface area contributed by atoms with Crippen molar-refractivity contribution in [2.24, 2.45) is 0 Å². The first-order valence-corrected chi connectivity index (χ1v) is 5.85. The Morgan fingerprint density at radius 1 is 1.29 bits per heavy atom. The number of halogens is 1. The molecule has 2 N–H and O–H groups in total. The summed E-state index contributed by atoms with van der Waals surface area (Å²) in [7, 11) is 1.42. The highest BCUT2D eigenvalue weighted by molar-refractivity contribution is 6.07. The third kappa shape index (κ3) is 3.33. The number of carboxylic acids is 1. The molecule has 1 amide bonds. The molecule has 0 unspecified atom stereocenters. The average Bonchev–Trinajstić information content (AvgIpc) is 2.47. The molecule has 1 aromatic heterocycles. The molecule has 7 heteroatoms. The third-order valence-corrected chi connectivity index (χ3v) is 2.69. The number of pyridine rings is 1. The molecular formula is C14H11FN2O4. The van der Waals surface area contributed by atoms with Crippen molar-refractivity contribution in [2.45, 2.75) is 0 Å². The van der Waals surface area contributed by atoms with E-state index < -0.39 is 17.8 Å². The molecule has 2 rings (SSSR count). The van der Waals surface area contributed by atoms with Crippen LogP contribution in [0, 0.1) is 5.95 Å². The molecule has 108 valence electrons. The summed E-state index contributed by atoms with van der Waals surface area (Å²) in [4.78, 5) is 26.5. The predicted octanol–water partition coefficient (Wildman–Crippen LogP) is 2.18. The van der Waals surface area contributed by atoms with E-state index in [2.05, 4.69) is 10.3 Å². The summed E-state index contributed by atoms with van der Waals surface area (Å²) < 4.78 is 17.7. The van der Waals surface area contributed by atoms with Gasteiger partial charge in [-0.1, -0.05) is 0 Å². The molecule has 0 fully saturated rings. The number of hydrogen-bond donors (Lipinski definition) is 2. The van der Waals surface area contributed by atoms with Gasteiger partial charge in [-0.2, -0.15) is 4.39 Å². The summed E-state index contributed by atoms with van der Waals surface area (Å²) in [6, 6.07) is 6.47. The molecule has 0 aliphatic carbocycles. The van der Waals surface area contributed by atoms with Crippen LogP contribution >= 0.6 is 0 Å². The molecule has 6 nitrogen and oxygen atoms in total. The van der Waals surface area contributed by atoms with Gasteiger partial charge in [0.25, 0.3) is 5.91 Å². The van der Waals surface area contributed by atoms with E-state index in [1.54, 1.807) is 0 Å². The van der Waals surface area contributed by atoms with Gasteiger partial charge in [-0.05, 0) is 24.3 Å². The number of hydrogen-bond acceptors (Lipinski definition) is 4. The highest BCUT2D eigenvalue weighted by Crippen LogP contribution is 2.23. The van der Waals surface area contributed by atoms with Gasteiger partial charge in [0, 0.05) is 12.3 Å². The van der Waals surface area contributed by atoms with E-state index in [1.165, 1.54) is 31.4 Å². The first kappa shape index (κ1) is 14.4. The van der Waals surface area contributed by atoms with Crippen LogP contribution in [0.1, 0.15) is 20.7 Å². The van der Waals surface area contributed by atoms with Gasteiger partial charge in [0.2, 0.25) is 5.95 Å². The molecule has 0 atom stereocenters. The lowest BCUT2D eigenvalue weighted by Crippen LogP contribution is -2.15. The molecule has 1 aromatic carbocycles. The zero-order chi connectivity index (χ0) is 15.4. The second-order valence-electron chi connectivity index (χ2n) is 4.04. The lowest BCUT2D eigenvalue weighted by molar-refractivity contribution is 0.0698. The van der Waals surface area contributed by atoms with E-state index in [-0.39, 0.29) is 16.8 Å². The van der Waals surface area contributed by atoms with Crippen molar-refractivity contribution < 1.29 is 23.8 Å². The van der Waals surface area contributed by atoms with Crippen molar-refractivity contribution in [3.05, 3.63) is 53.6 Å². The molecule has 0 spiro atoms. The summed E-state index contributed by atoms with van der Waals surface area (Å²) in [5.41, 5.74) is 0.103. The fourth-order valence-corrected chi connectivity index (χ4v) is 1.64. The Morgan fingerprint density at radius 2 is 2.05 bits per heavy atom. The van der Waals surface area contributed by atoms with Gasteiger partial charge in [0.1, 0.15) is 5.75 Å². The molecular weight excluding hydrogens is 279 g/mol. The summed E-state index contributed by atoms with van der Waals surface area (Å²) >= 11 is 0. The van der Waals surface area contributed by atoms with Crippen LogP contribution in [0.25, 0.3) is 0 Å². The van der Waals surface area contributed by atoms with E-state index in [4.69, 9.17) is 9.84 Å². The maximum Gasteiger partial charge on any atom is 0.337 e. The molecule has 0 radical (unpaired) electrons. The standard InChI is InChI=1S/C14H11FN2O4/c1-21-9-3-4-10(14(19)20)11(6-9)17-13(18)8-2-5-12(15)16-7-8/h2-7H,1H3,(H,17,18)(H,19,20). The van der Waals surface area contributed by atoms with Crippen molar-refractivity contribution in [3.8, 4) is 5.75 Å². The van der Waals surface area contributed by atoms with Crippen LogP contribution in [0.2, 0.25) is 0 Å². The van der Waals surface area contributed by atoms with Crippen LogP contribution in [-0.2, 0) is 0 Å². The normalized spacial score (nSPS) is 10.0. The van der Waals surface area contributed by atoms with E-state index in [1.807, 2.05) is 0 Å². The third-order valence-electron chi connectivity index (χ3n) is 2.69. The largest absolute Gasteiger partial charge is 0.497 e. The van der Waals surface area contributed by atoms with Crippen LogP contribution < -0.4 is 10.1 Å². The number of amides is 1. The van der Waals surface area contributed by atoms with Gasteiger partial charge in [-0.3, -0.25) is 4.79 Å². The van der Waals surface area contributed by atoms with Crippen molar-refractivity contribution in [3.63, 3.8) is 0 Å². The molecule has 21 heavy (non-hydrogen) atoms. The minimum absolute atomic E-state index is 0.0798. The number of benzene rings is 1. The Hall–Kier alpha value is -2.96. The lowest BCUT2D eigenvalue weighted by Gasteiger charge is -2.10. The molecule has 0 aliphatic heterocycles. The number of rotatable bonds is 4. The first-order valence-electron chi connectivity index (χ1n) is 5.85. The Kier molecular flexibility index (Phi) is 4.13. The predicted molar refractivity (Wildman–Crippen MR) is 72.1 cm³/mol. The number of aromatic nitrogens is 1. The second kappa shape index (κ2) is 6.00. The molecule has 1 heterocycles. The van der Waals surface area contributed by atoms with Gasteiger partial charge in [0.05, 0.1) is 23.9 Å². The van der Waals surface area contributed by atoms with Crippen molar-refractivity contribution in [2.75, 3.05) is 12.4 Å². The number of carbonyl (C=O) groups is 2. The van der Waals surface area contributed by atoms with Gasteiger partial charge in [-0.15, -0.1) is 0 Å². The summed E-state index contributed by atoms with van der Waals surface area (Å²) in [6.45, 7) is 0. The summed E-state index contributed by atoms with van der Waals surface area (Å²) in [5.74, 6) is -2.10. The Morgan fingerprint density at radius 3 is 2.62 bits per heavy atom. The minimum atomic E-state index is -1.19. The fraction of sp³-hybridized carbons (Fsp3) is 0.0714. The Labute approximate surface area is 119 Å². The van der Waals surface area contributed by atoms with Crippen molar-refractivity contribution in [1.82, 2.24) is 4.98 Å². The Balaban J connectivity index is 2.31. The average molecular weight is 290 g/mol. The smallest absolute Gasteiger partial charge is 0.337 e. The number of carbonyl (C=O) groups excluding carboxylic acids is 1. The first-order chi connectivity index (χ1) is 10.0. The SMILES string of the molecule is COc1ccc(C(=O)O)c(NC(=O)c2ccc(F)nc2)c1. The maximum atomic E-state index is 12.7. The molecule has 2 aromatic rings. The quantitative estimate of drug-likeness (QED) is 0.842. The number of nitrogens with one attached hydrogen (secondary N) is 1. The van der Waals surface area contributed by atoms with Gasteiger partial charge in [-0.25, -0.2) is 9.78 Å². The van der Waals surface area contributed by atoms with Gasteiger partial charge < -0.3 is 15.2 Å². The highest BCUT2D eigenvalue weighted by atomic mass is 19.1. The molecule has 0 saturated heterocycles. The van der Waals surface area contributed by atoms with Crippen molar-refractivity contribution in [1.29, 1.82) is 0 Å². The van der Waals surface area contributed by atoms with Crippen molar-refractivity contribution >= 4 is 17.6 Å². The molecule has 0 bridgehead atoms. The van der Waals surface area contributed by atoms with Crippen LogP contribution in [0.5, 0.6) is 5.75 Å². The number of carboxylic acid groups (broad SMARTS) is 1. The summed E-state index contributed by atoms with van der Waals surface area (Å²) in [5, 5.41) is 11.5. The monoisotopic (exact) mass is 290 g/mol. The number of anilines is 1. The van der Waals surface area contributed by atoms with E-state index in [0.29, 0.717) is 5.75 Å². The van der Waals surface area contributed by atoms with Gasteiger partial charge in [0.15, 0.2) is 0 Å². The zero-order valence-electron chi connectivity index (χ0n) is 11.0.